The molecule has 4 aromatic rings. The van der Waals surface area contributed by atoms with E-state index >= 15 is 0 Å². The zero-order valence-electron chi connectivity index (χ0n) is 14.2. The van der Waals surface area contributed by atoms with Crippen molar-refractivity contribution in [2.45, 2.75) is 0 Å². The van der Waals surface area contributed by atoms with Crippen LogP contribution in [0, 0.1) is 0 Å². The molecular formula is C20H15N3O2S2. The molecule has 0 aliphatic carbocycles. The van der Waals surface area contributed by atoms with Gasteiger partial charge in [0.05, 0.1) is 16.4 Å². The zero-order valence-corrected chi connectivity index (χ0v) is 15.8. The van der Waals surface area contributed by atoms with Crippen LogP contribution in [-0.2, 0) is 4.79 Å². The second-order valence-electron chi connectivity index (χ2n) is 5.53. The van der Waals surface area contributed by atoms with Crippen LogP contribution in [0.1, 0.15) is 4.88 Å². The van der Waals surface area contributed by atoms with E-state index in [1.807, 2.05) is 72.1 Å². The molecule has 0 atom stereocenters. The molecule has 4 rings (SSSR count). The molecule has 0 aliphatic heterocycles. The van der Waals surface area contributed by atoms with E-state index in [0.29, 0.717) is 10.9 Å². The molecule has 0 aliphatic rings. The van der Waals surface area contributed by atoms with Crippen LogP contribution < -0.4 is 9.75 Å². The van der Waals surface area contributed by atoms with Gasteiger partial charge < -0.3 is 4.74 Å². The lowest BCUT2D eigenvalue weighted by Gasteiger charge is -2.14. The first-order valence-corrected chi connectivity index (χ1v) is 9.93. The molecule has 0 N–H and O–H groups in total. The molecule has 1 amide bonds. The van der Waals surface area contributed by atoms with Crippen molar-refractivity contribution in [1.29, 1.82) is 0 Å². The molecule has 0 spiro atoms. The number of nitrogens with zero attached hydrogens (tertiary/aromatic N) is 3. The Morgan fingerprint density at radius 3 is 2.67 bits per heavy atom. The second kappa shape index (κ2) is 8.11. The molecule has 5 nitrogen and oxygen atoms in total. The highest BCUT2D eigenvalue weighted by Gasteiger charge is 2.20. The summed E-state index contributed by atoms with van der Waals surface area (Å²) in [5.74, 6) is 0.350. The zero-order chi connectivity index (χ0) is 18.5. The summed E-state index contributed by atoms with van der Waals surface area (Å²) < 4.78 is 6.60. The van der Waals surface area contributed by atoms with Gasteiger partial charge in [-0.2, -0.15) is 10.1 Å². The summed E-state index contributed by atoms with van der Waals surface area (Å²) in [6, 6.07) is 20.9. The molecule has 2 aromatic carbocycles. The highest BCUT2D eigenvalue weighted by molar-refractivity contribution is 7.22. The molecular weight excluding hydrogens is 378 g/mol. The van der Waals surface area contributed by atoms with E-state index in [2.05, 4.69) is 10.1 Å². The minimum Gasteiger partial charge on any atom is -0.484 e. The Morgan fingerprint density at radius 1 is 1.07 bits per heavy atom. The number of fused-ring (bicyclic) bond motifs is 1. The molecule has 134 valence electrons. The summed E-state index contributed by atoms with van der Waals surface area (Å²) in [7, 11) is 0. The molecule has 2 heterocycles. The number of thiazole rings is 1. The Morgan fingerprint density at radius 2 is 1.89 bits per heavy atom. The topological polar surface area (TPSA) is 54.8 Å². The largest absolute Gasteiger partial charge is 0.484 e. The lowest BCUT2D eigenvalue weighted by Crippen LogP contribution is -2.30. The fourth-order valence-corrected chi connectivity index (χ4v) is 3.89. The maximum absolute atomic E-state index is 12.8. The standard InChI is InChI=1S/C20H15N3O2S2/c24-19(14-25-15-7-2-1-3-8-15)23(21-13-16-9-6-12-26-16)20-22-17-10-4-5-11-18(17)27-20/h1-13H,14H2/b21-13-. The van der Waals surface area contributed by atoms with E-state index < -0.39 is 0 Å². The minimum absolute atomic E-state index is 0.123. The van der Waals surface area contributed by atoms with Gasteiger partial charge in [0.1, 0.15) is 5.75 Å². The van der Waals surface area contributed by atoms with Crippen LogP contribution in [0.3, 0.4) is 0 Å². The van der Waals surface area contributed by atoms with Gasteiger partial charge in [-0.25, -0.2) is 4.98 Å². The van der Waals surface area contributed by atoms with Gasteiger partial charge in [0, 0.05) is 4.88 Å². The Hall–Kier alpha value is -3.03. The summed E-state index contributed by atoms with van der Waals surface area (Å²) in [6.07, 6.45) is 1.66. The number of hydrogen-bond donors (Lipinski definition) is 0. The number of carbonyl (C=O) groups is 1. The van der Waals surface area contributed by atoms with E-state index in [-0.39, 0.29) is 12.5 Å². The first kappa shape index (κ1) is 17.4. The van der Waals surface area contributed by atoms with Gasteiger partial charge in [-0.15, -0.1) is 11.3 Å². The Labute approximate surface area is 164 Å². The quantitative estimate of drug-likeness (QED) is 0.349. The predicted octanol–water partition coefficient (Wildman–Crippen LogP) is 4.80. The average molecular weight is 393 g/mol. The van der Waals surface area contributed by atoms with Crippen LogP contribution in [0.5, 0.6) is 5.75 Å². The Bertz CT molecular complexity index is 1030. The van der Waals surface area contributed by atoms with E-state index in [1.165, 1.54) is 16.3 Å². The molecule has 0 unspecified atom stereocenters. The minimum atomic E-state index is -0.286. The maximum atomic E-state index is 12.8. The summed E-state index contributed by atoms with van der Waals surface area (Å²) in [6.45, 7) is -0.123. The highest BCUT2D eigenvalue weighted by atomic mass is 32.1. The van der Waals surface area contributed by atoms with Crippen LogP contribution in [0.2, 0.25) is 0 Å². The Balaban J connectivity index is 1.59. The summed E-state index contributed by atoms with van der Waals surface area (Å²) in [5, 5.41) is 8.17. The van der Waals surface area contributed by atoms with Gasteiger partial charge in [-0.3, -0.25) is 4.79 Å². The molecule has 27 heavy (non-hydrogen) atoms. The molecule has 0 fully saturated rings. The van der Waals surface area contributed by atoms with Gasteiger partial charge in [-0.05, 0) is 35.7 Å². The van der Waals surface area contributed by atoms with Gasteiger partial charge in [-0.1, -0.05) is 47.7 Å². The number of rotatable bonds is 6. The molecule has 0 radical (unpaired) electrons. The number of amides is 1. The normalized spacial score (nSPS) is 11.1. The van der Waals surface area contributed by atoms with Crippen molar-refractivity contribution >= 4 is 50.1 Å². The predicted molar refractivity (Wildman–Crippen MR) is 111 cm³/mol. The third kappa shape index (κ3) is 4.21. The highest BCUT2D eigenvalue weighted by Crippen LogP contribution is 2.29. The molecule has 0 bridgehead atoms. The molecule has 2 aromatic heterocycles. The van der Waals surface area contributed by atoms with Crippen molar-refractivity contribution in [1.82, 2.24) is 4.98 Å². The average Bonchev–Trinajstić information content (AvgIpc) is 3.37. The lowest BCUT2D eigenvalue weighted by molar-refractivity contribution is -0.120. The first-order chi connectivity index (χ1) is 13.3. The van der Waals surface area contributed by atoms with Crippen LogP contribution in [-0.4, -0.2) is 23.7 Å². The van der Waals surface area contributed by atoms with Crippen LogP contribution in [0.4, 0.5) is 5.13 Å². The number of ether oxygens (including phenoxy) is 1. The van der Waals surface area contributed by atoms with Crippen molar-refractivity contribution in [2.24, 2.45) is 5.10 Å². The summed E-state index contributed by atoms with van der Waals surface area (Å²) in [5.41, 5.74) is 0.839. The van der Waals surface area contributed by atoms with Crippen LogP contribution in [0.15, 0.2) is 77.2 Å². The summed E-state index contributed by atoms with van der Waals surface area (Å²) in [4.78, 5) is 18.3. The lowest BCUT2D eigenvalue weighted by atomic mass is 10.3. The SMILES string of the molecule is O=C(COc1ccccc1)N(/N=C\c1cccs1)c1nc2ccccc2s1. The van der Waals surface area contributed by atoms with Crippen molar-refractivity contribution in [2.75, 3.05) is 11.6 Å². The smallest absolute Gasteiger partial charge is 0.287 e. The summed E-state index contributed by atoms with van der Waals surface area (Å²) >= 11 is 2.97. The fraction of sp³-hybridized carbons (Fsp3) is 0.0500. The van der Waals surface area contributed by atoms with Gasteiger partial charge in [0.2, 0.25) is 5.13 Å². The number of thiophene rings is 1. The van der Waals surface area contributed by atoms with E-state index in [1.54, 1.807) is 17.6 Å². The second-order valence-corrected chi connectivity index (χ2v) is 7.52. The molecule has 0 saturated heterocycles. The maximum Gasteiger partial charge on any atom is 0.287 e. The number of aromatic nitrogens is 1. The van der Waals surface area contributed by atoms with Crippen molar-refractivity contribution in [3.63, 3.8) is 0 Å². The first-order valence-electron chi connectivity index (χ1n) is 8.23. The van der Waals surface area contributed by atoms with Gasteiger partial charge in [0.25, 0.3) is 5.91 Å². The van der Waals surface area contributed by atoms with Crippen molar-refractivity contribution in [3.8, 4) is 5.75 Å². The monoisotopic (exact) mass is 393 g/mol. The van der Waals surface area contributed by atoms with E-state index in [4.69, 9.17) is 4.74 Å². The Kier molecular flexibility index (Phi) is 5.22. The van der Waals surface area contributed by atoms with E-state index in [9.17, 15) is 4.79 Å². The van der Waals surface area contributed by atoms with Crippen molar-refractivity contribution < 1.29 is 9.53 Å². The number of anilines is 1. The third-order valence-electron chi connectivity index (χ3n) is 3.65. The molecule has 7 heteroatoms. The number of carbonyl (C=O) groups excluding carboxylic acids is 1. The number of para-hydroxylation sites is 2. The number of benzene rings is 2. The number of hydrogen-bond acceptors (Lipinski definition) is 6. The fourth-order valence-electron chi connectivity index (χ4n) is 2.37. The van der Waals surface area contributed by atoms with Crippen LogP contribution in [0.25, 0.3) is 10.2 Å². The number of hydrazone groups is 1. The van der Waals surface area contributed by atoms with Gasteiger partial charge >= 0.3 is 0 Å². The molecule has 0 saturated carbocycles. The van der Waals surface area contributed by atoms with Gasteiger partial charge in [0.15, 0.2) is 6.61 Å². The third-order valence-corrected chi connectivity index (χ3v) is 5.47. The van der Waals surface area contributed by atoms with Crippen molar-refractivity contribution in [3.05, 3.63) is 77.0 Å². The van der Waals surface area contributed by atoms with Crippen LogP contribution >= 0.6 is 22.7 Å². The van der Waals surface area contributed by atoms with E-state index in [0.717, 1.165) is 15.1 Å².